The summed E-state index contributed by atoms with van der Waals surface area (Å²) in [5, 5.41) is 0.198. The van der Waals surface area contributed by atoms with Crippen LogP contribution in [0.2, 0.25) is 0 Å². The van der Waals surface area contributed by atoms with Crippen LogP contribution in [0.4, 0.5) is 0 Å². The van der Waals surface area contributed by atoms with Gasteiger partial charge in [-0.3, -0.25) is 9.79 Å². The molecular formula is C15H19NO2S2. The van der Waals surface area contributed by atoms with Gasteiger partial charge in [-0.25, -0.2) is 0 Å². The Morgan fingerprint density at radius 3 is 2.80 bits per heavy atom. The van der Waals surface area contributed by atoms with Gasteiger partial charge in [0.1, 0.15) is 4.38 Å². The minimum absolute atomic E-state index is 0.0542. The Balaban J connectivity index is 1.89. The van der Waals surface area contributed by atoms with Crippen molar-refractivity contribution in [1.82, 2.24) is 0 Å². The van der Waals surface area contributed by atoms with Gasteiger partial charge in [0.25, 0.3) is 0 Å². The minimum atomic E-state index is -0.0722. The Kier molecular flexibility index (Phi) is 6.13. The summed E-state index contributed by atoms with van der Waals surface area (Å²) < 4.78 is 6.61. The molecule has 0 radical (unpaired) electrons. The van der Waals surface area contributed by atoms with Crippen molar-refractivity contribution in [3.05, 3.63) is 35.9 Å². The zero-order valence-corrected chi connectivity index (χ0v) is 13.4. The number of rotatable bonds is 5. The average Bonchev–Trinajstić information content (AvgIpc) is 2.45. The van der Waals surface area contributed by atoms with Gasteiger partial charge in [0.15, 0.2) is 0 Å². The first-order valence-corrected chi connectivity index (χ1v) is 8.55. The highest BCUT2D eigenvalue weighted by Crippen LogP contribution is 2.30. The number of carbonyl (C=O) groups excluding carboxylic acids is 1. The van der Waals surface area contributed by atoms with Crippen molar-refractivity contribution in [3.8, 4) is 0 Å². The Morgan fingerprint density at radius 2 is 2.10 bits per heavy atom. The van der Waals surface area contributed by atoms with Crippen LogP contribution in [0.5, 0.6) is 0 Å². The smallest absolute Gasteiger partial charge is 0.200 e. The fourth-order valence-electron chi connectivity index (χ4n) is 1.85. The molecule has 5 heteroatoms. The average molecular weight is 309 g/mol. The van der Waals surface area contributed by atoms with Gasteiger partial charge in [-0.2, -0.15) is 0 Å². The number of benzene rings is 1. The molecule has 1 aromatic rings. The molecular weight excluding hydrogens is 290 g/mol. The molecule has 3 nitrogen and oxygen atoms in total. The van der Waals surface area contributed by atoms with Gasteiger partial charge in [0.2, 0.25) is 5.12 Å². The maximum absolute atomic E-state index is 11.9. The second-order valence-electron chi connectivity index (χ2n) is 4.61. The lowest BCUT2D eigenvalue weighted by molar-refractivity contribution is -0.115. The predicted octanol–water partition coefficient (Wildman–Crippen LogP) is 3.59. The number of ether oxygens (including phenoxy) is 1. The molecule has 1 aromatic carbocycles. The molecule has 0 fully saturated rings. The quantitative estimate of drug-likeness (QED) is 0.833. The van der Waals surface area contributed by atoms with Crippen molar-refractivity contribution in [3.63, 3.8) is 0 Å². The van der Waals surface area contributed by atoms with Crippen LogP contribution in [0.1, 0.15) is 19.4 Å². The van der Waals surface area contributed by atoms with Gasteiger partial charge in [-0.05, 0) is 23.1 Å². The first-order chi connectivity index (χ1) is 9.70. The number of hydrogen-bond donors (Lipinski definition) is 0. The van der Waals surface area contributed by atoms with Gasteiger partial charge < -0.3 is 4.74 Å². The molecule has 20 heavy (non-hydrogen) atoms. The van der Waals surface area contributed by atoms with Gasteiger partial charge in [0.05, 0.1) is 25.2 Å². The molecule has 0 aromatic heterocycles. The van der Waals surface area contributed by atoms with Crippen LogP contribution in [-0.4, -0.2) is 27.9 Å². The largest absolute Gasteiger partial charge is 0.375 e. The summed E-state index contributed by atoms with van der Waals surface area (Å²) >= 11 is 2.90. The summed E-state index contributed by atoms with van der Waals surface area (Å²) in [6, 6.07) is 9.99. The highest BCUT2D eigenvalue weighted by atomic mass is 32.2. The Bertz CT molecular complexity index is 476. The fourth-order valence-corrected chi connectivity index (χ4v) is 3.85. The maximum atomic E-state index is 11.9. The zero-order chi connectivity index (χ0) is 14.4. The molecule has 1 heterocycles. The van der Waals surface area contributed by atoms with Crippen LogP contribution < -0.4 is 0 Å². The van der Waals surface area contributed by atoms with Gasteiger partial charge in [0, 0.05) is 0 Å². The second kappa shape index (κ2) is 7.86. The van der Waals surface area contributed by atoms with E-state index >= 15 is 0 Å². The summed E-state index contributed by atoms with van der Waals surface area (Å²) in [7, 11) is 0. The molecule has 0 saturated carbocycles. The normalized spacial score (nSPS) is 22.7. The zero-order valence-electron chi connectivity index (χ0n) is 11.7. The number of hydrogen-bond acceptors (Lipinski definition) is 5. The Morgan fingerprint density at radius 1 is 1.35 bits per heavy atom. The SMILES string of the molecule is CCSC1=N[C@@H](COCc2ccccc2)[C@@H](C)C(=O)S1. The standard InChI is InChI=1S/C15H19NO2S2/c1-3-19-15-16-13(11(2)14(17)20-15)10-18-9-12-7-5-4-6-8-12/h4-8,11,13H,3,9-10H2,1-2H3/t11-,13+/m1/s1. The second-order valence-corrected chi connectivity index (χ2v) is 7.11. The van der Waals surface area contributed by atoms with E-state index in [2.05, 4.69) is 11.9 Å². The third kappa shape index (κ3) is 4.36. The summed E-state index contributed by atoms with van der Waals surface area (Å²) in [6.45, 7) is 5.06. The Labute approximate surface area is 128 Å². The molecule has 0 saturated heterocycles. The number of aliphatic imine (C=N–C) groups is 1. The molecule has 0 unspecified atom stereocenters. The lowest BCUT2D eigenvalue weighted by Gasteiger charge is -2.24. The van der Waals surface area contributed by atoms with E-state index in [1.165, 1.54) is 11.8 Å². The first kappa shape index (κ1) is 15.6. The third-order valence-corrected chi connectivity index (χ3v) is 5.17. The van der Waals surface area contributed by atoms with Crippen molar-refractivity contribution >= 4 is 33.0 Å². The summed E-state index contributed by atoms with van der Waals surface area (Å²) in [5.74, 6) is 0.863. The summed E-state index contributed by atoms with van der Waals surface area (Å²) in [4.78, 5) is 16.6. The van der Waals surface area contributed by atoms with Gasteiger partial charge in [-0.15, -0.1) is 0 Å². The van der Waals surface area contributed by atoms with E-state index in [1.54, 1.807) is 11.8 Å². The first-order valence-electron chi connectivity index (χ1n) is 6.74. The van der Waals surface area contributed by atoms with Crippen molar-refractivity contribution < 1.29 is 9.53 Å². The number of thioether (sulfide) groups is 2. The van der Waals surface area contributed by atoms with Crippen molar-refractivity contribution in [2.45, 2.75) is 26.5 Å². The van der Waals surface area contributed by atoms with Crippen LogP contribution in [0.3, 0.4) is 0 Å². The highest BCUT2D eigenvalue weighted by Gasteiger charge is 2.30. The molecule has 0 N–H and O–H groups in total. The highest BCUT2D eigenvalue weighted by molar-refractivity contribution is 8.44. The molecule has 1 aliphatic rings. The molecule has 0 bridgehead atoms. The van der Waals surface area contributed by atoms with Crippen LogP contribution in [0.15, 0.2) is 35.3 Å². The van der Waals surface area contributed by atoms with Crippen molar-refractivity contribution in [2.24, 2.45) is 10.9 Å². The van der Waals surface area contributed by atoms with Crippen LogP contribution >= 0.6 is 23.5 Å². The summed E-state index contributed by atoms with van der Waals surface area (Å²) in [5.41, 5.74) is 1.14. The molecule has 1 aliphatic heterocycles. The predicted molar refractivity (Wildman–Crippen MR) is 87.2 cm³/mol. The van der Waals surface area contributed by atoms with Crippen LogP contribution in [-0.2, 0) is 16.1 Å². The molecule has 0 aliphatic carbocycles. The molecule has 0 spiro atoms. The van der Waals surface area contributed by atoms with Crippen molar-refractivity contribution in [2.75, 3.05) is 12.4 Å². The maximum Gasteiger partial charge on any atom is 0.200 e. The lowest BCUT2D eigenvalue weighted by atomic mass is 10.1. The van der Waals surface area contributed by atoms with Crippen LogP contribution in [0, 0.1) is 5.92 Å². The molecule has 2 atom stereocenters. The van der Waals surface area contributed by atoms with E-state index in [1.807, 2.05) is 37.3 Å². The molecule has 0 amide bonds. The molecule has 2 rings (SSSR count). The fraction of sp³-hybridized carbons (Fsp3) is 0.467. The van der Waals surface area contributed by atoms with E-state index in [0.717, 1.165) is 15.7 Å². The monoisotopic (exact) mass is 309 g/mol. The van der Waals surface area contributed by atoms with Gasteiger partial charge >= 0.3 is 0 Å². The summed E-state index contributed by atoms with van der Waals surface area (Å²) in [6.07, 6.45) is 0. The van der Waals surface area contributed by atoms with E-state index in [4.69, 9.17) is 4.74 Å². The van der Waals surface area contributed by atoms with E-state index in [-0.39, 0.29) is 17.1 Å². The van der Waals surface area contributed by atoms with Crippen LogP contribution in [0.25, 0.3) is 0 Å². The van der Waals surface area contributed by atoms with E-state index in [0.29, 0.717) is 13.2 Å². The van der Waals surface area contributed by atoms with E-state index in [9.17, 15) is 4.79 Å². The topological polar surface area (TPSA) is 38.7 Å². The Hall–Kier alpha value is -0.780. The van der Waals surface area contributed by atoms with E-state index < -0.39 is 0 Å². The third-order valence-electron chi connectivity index (χ3n) is 3.08. The van der Waals surface area contributed by atoms with Crippen molar-refractivity contribution in [1.29, 1.82) is 0 Å². The number of carbonyl (C=O) groups is 1. The lowest BCUT2D eigenvalue weighted by Crippen LogP contribution is -2.31. The number of nitrogens with zero attached hydrogens (tertiary/aromatic N) is 1. The van der Waals surface area contributed by atoms with Gasteiger partial charge in [-0.1, -0.05) is 55.9 Å². The minimum Gasteiger partial charge on any atom is -0.375 e. The molecule has 108 valence electrons.